The third-order valence-electron chi connectivity index (χ3n) is 6.35. The molecule has 1 atom stereocenters. The molecule has 0 fully saturated rings. The Morgan fingerprint density at radius 2 is 1.28 bits per heavy atom. The van der Waals surface area contributed by atoms with Crippen molar-refractivity contribution in [2.75, 3.05) is 19.8 Å². The number of unbranched alkanes of at least 4 members (excludes halogenated alkanes) is 15. The Balaban J connectivity index is 1.92. The van der Waals surface area contributed by atoms with Crippen molar-refractivity contribution in [3.05, 3.63) is 35.4 Å². The molecular formula is C28H49NO3. The molecule has 1 aromatic carbocycles. The molecule has 184 valence electrons. The number of benzene rings is 1. The summed E-state index contributed by atoms with van der Waals surface area (Å²) in [4.78, 5) is 11.6. The van der Waals surface area contributed by atoms with Gasteiger partial charge >= 0.3 is 0 Å². The molecule has 0 bridgehead atoms. The number of aliphatic hydroxyl groups is 1. The third kappa shape index (κ3) is 13.9. The maximum absolute atomic E-state index is 11.6. The minimum absolute atomic E-state index is 0.0523. The second-order valence-corrected chi connectivity index (χ2v) is 9.21. The van der Waals surface area contributed by atoms with Crippen LogP contribution in [0.2, 0.25) is 0 Å². The number of primary amides is 1. The van der Waals surface area contributed by atoms with E-state index in [4.69, 9.17) is 10.5 Å². The Bertz CT molecular complexity index is 576. The molecule has 32 heavy (non-hydrogen) atoms. The Morgan fingerprint density at radius 1 is 0.812 bits per heavy atom. The van der Waals surface area contributed by atoms with E-state index >= 15 is 0 Å². The first-order chi connectivity index (χ1) is 15.7. The summed E-state index contributed by atoms with van der Waals surface area (Å²) in [5.74, 6) is -0.670. The second kappa shape index (κ2) is 20.2. The quantitative estimate of drug-likeness (QED) is 0.186. The van der Waals surface area contributed by atoms with Gasteiger partial charge in [-0.2, -0.15) is 0 Å². The molecule has 0 aromatic heterocycles. The lowest BCUT2D eigenvalue weighted by molar-refractivity contribution is 0.0942. The van der Waals surface area contributed by atoms with E-state index in [9.17, 15) is 9.90 Å². The van der Waals surface area contributed by atoms with Gasteiger partial charge in [-0.05, 0) is 18.1 Å². The molecule has 0 aliphatic heterocycles. The summed E-state index contributed by atoms with van der Waals surface area (Å²) in [6.45, 7) is 3.34. The zero-order valence-corrected chi connectivity index (χ0v) is 20.7. The van der Waals surface area contributed by atoms with Crippen molar-refractivity contribution in [3.63, 3.8) is 0 Å². The summed E-state index contributed by atoms with van der Waals surface area (Å²) in [7, 11) is 0. The number of carbonyl (C=O) groups excluding carboxylic acids is 1. The number of carbonyl (C=O) groups is 1. The van der Waals surface area contributed by atoms with Gasteiger partial charge in [-0.3, -0.25) is 4.79 Å². The lowest BCUT2D eigenvalue weighted by Crippen LogP contribution is -2.19. The number of hydrogen-bond donors (Lipinski definition) is 2. The van der Waals surface area contributed by atoms with Gasteiger partial charge in [-0.25, -0.2) is 0 Å². The monoisotopic (exact) mass is 447 g/mol. The summed E-state index contributed by atoms with van der Waals surface area (Å²) in [6.07, 6.45) is 21.7. The fourth-order valence-electron chi connectivity index (χ4n) is 4.30. The van der Waals surface area contributed by atoms with Gasteiger partial charge in [0.25, 0.3) is 0 Å². The molecule has 1 amide bonds. The molecule has 0 saturated heterocycles. The number of hydrogen-bond acceptors (Lipinski definition) is 3. The van der Waals surface area contributed by atoms with E-state index in [1.807, 2.05) is 12.1 Å². The van der Waals surface area contributed by atoms with Gasteiger partial charge in [-0.15, -0.1) is 0 Å². The van der Waals surface area contributed by atoms with Gasteiger partial charge in [0, 0.05) is 18.1 Å². The maximum Gasteiger partial charge on any atom is 0.248 e. The highest BCUT2D eigenvalue weighted by Gasteiger charge is 2.17. The van der Waals surface area contributed by atoms with Gasteiger partial charge in [0.05, 0.1) is 13.2 Å². The van der Waals surface area contributed by atoms with Crippen LogP contribution in [-0.2, 0) is 4.74 Å². The van der Waals surface area contributed by atoms with E-state index in [-0.39, 0.29) is 12.5 Å². The predicted molar refractivity (Wildman–Crippen MR) is 135 cm³/mol. The van der Waals surface area contributed by atoms with E-state index < -0.39 is 5.91 Å². The van der Waals surface area contributed by atoms with Gasteiger partial charge in [0.2, 0.25) is 5.91 Å². The number of amides is 1. The average Bonchev–Trinajstić information content (AvgIpc) is 2.80. The van der Waals surface area contributed by atoms with Crippen molar-refractivity contribution in [1.82, 2.24) is 0 Å². The number of aliphatic hydroxyl groups excluding tert-OH is 1. The van der Waals surface area contributed by atoms with E-state index in [0.717, 1.165) is 12.0 Å². The van der Waals surface area contributed by atoms with Crippen LogP contribution in [0.4, 0.5) is 0 Å². The predicted octanol–water partition coefficient (Wildman–Crippen LogP) is 7.14. The number of rotatable bonds is 22. The standard InChI is InChI=1S/C28H49NO3/c1-2-3-4-5-6-7-8-9-10-11-12-13-14-15-16-19-22-32-24-25(23-30)26-20-17-18-21-27(26)28(29)31/h17-18,20-21,25,30H,2-16,19,22-24H2,1H3,(H2,29,31). The molecular weight excluding hydrogens is 398 g/mol. The highest BCUT2D eigenvalue weighted by molar-refractivity contribution is 5.94. The average molecular weight is 448 g/mol. The summed E-state index contributed by atoms with van der Waals surface area (Å²) >= 11 is 0. The van der Waals surface area contributed by atoms with Gasteiger partial charge in [0.1, 0.15) is 0 Å². The largest absolute Gasteiger partial charge is 0.396 e. The van der Waals surface area contributed by atoms with Crippen molar-refractivity contribution in [3.8, 4) is 0 Å². The van der Waals surface area contributed by atoms with E-state index in [2.05, 4.69) is 6.92 Å². The molecule has 0 aliphatic rings. The first-order valence-corrected chi connectivity index (χ1v) is 13.3. The zero-order chi connectivity index (χ0) is 23.3. The maximum atomic E-state index is 11.6. The fraction of sp³-hybridized carbons (Fsp3) is 0.750. The Hall–Kier alpha value is -1.39. The SMILES string of the molecule is CCCCCCCCCCCCCCCCCCOCC(CO)c1ccccc1C(N)=O. The summed E-state index contributed by atoms with van der Waals surface area (Å²) in [5.41, 5.74) is 6.69. The fourth-order valence-corrected chi connectivity index (χ4v) is 4.30. The summed E-state index contributed by atoms with van der Waals surface area (Å²) in [5, 5.41) is 9.70. The second-order valence-electron chi connectivity index (χ2n) is 9.21. The van der Waals surface area contributed by atoms with E-state index in [0.29, 0.717) is 18.8 Å². The lowest BCUT2D eigenvalue weighted by Gasteiger charge is -2.17. The molecule has 1 unspecified atom stereocenters. The minimum atomic E-state index is -0.461. The smallest absolute Gasteiger partial charge is 0.248 e. The van der Waals surface area contributed by atoms with E-state index in [1.54, 1.807) is 12.1 Å². The first-order valence-electron chi connectivity index (χ1n) is 13.3. The lowest BCUT2D eigenvalue weighted by atomic mass is 9.95. The van der Waals surface area contributed by atoms with Crippen LogP contribution in [0.1, 0.15) is 131 Å². The zero-order valence-electron chi connectivity index (χ0n) is 20.7. The van der Waals surface area contributed by atoms with Crippen LogP contribution in [-0.4, -0.2) is 30.8 Å². The molecule has 4 heteroatoms. The third-order valence-corrected chi connectivity index (χ3v) is 6.35. The molecule has 0 spiro atoms. The molecule has 0 radical (unpaired) electrons. The van der Waals surface area contributed by atoms with Crippen molar-refractivity contribution in [2.45, 2.75) is 116 Å². The highest BCUT2D eigenvalue weighted by atomic mass is 16.5. The molecule has 0 aliphatic carbocycles. The van der Waals surface area contributed by atoms with Crippen LogP contribution in [0.3, 0.4) is 0 Å². The van der Waals surface area contributed by atoms with Crippen LogP contribution in [0.15, 0.2) is 24.3 Å². The van der Waals surface area contributed by atoms with Crippen LogP contribution in [0, 0.1) is 0 Å². The molecule has 1 rings (SSSR count). The van der Waals surface area contributed by atoms with Crippen LogP contribution >= 0.6 is 0 Å². The Kier molecular flexibility index (Phi) is 18.1. The number of ether oxygens (including phenoxy) is 1. The van der Waals surface area contributed by atoms with Crippen molar-refractivity contribution in [1.29, 1.82) is 0 Å². The molecule has 4 nitrogen and oxygen atoms in total. The summed E-state index contributed by atoms with van der Waals surface area (Å²) in [6, 6.07) is 7.20. The normalized spacial score (nSPS) is 12.2. The topological polar surface area (TPSA) is 72.6 Å². The van der Waals surface area contributed by atoms with Crippen LogP contribution < -0.4 is 5.73 Å². The van der Waals surface area contributed by atoms with Crippen LogP contribution in [0.25, 0.3) is 0 Å². The van der Waals surface area contributed by atoms with E-state index in [1.165, 1.54) is 96.3 Å². The molecule has 1 aromatic rings. The molecule has 0 heterocycles. The van der Waals surface area contributed by atoms with Gasteiger partial charge in [0.15, 0.2) is 0 Å². The highest BCUT2D eigenvalue weighted by Crippen LogP contribution is 2.20. The van der Waals surface area contributed by atoms with Crippen LogP contribution in [0.5, 0.6) is 0 Å². The Labute approximate surface area is 197 Å². The van der Waals surface area contributed by atoms with Gasteiger partial charge < -0.3 is 15.6 Å². The summed E-state index contributed by atoms with van der Waals surface area (Å²) < 4.78 is 5.78. The minimum Gasteiger partial charge on any atom is -0.396 e. The van der Waals surface area contributed by atoms with Crippen molar-refractivity contribution < 1.29 is 14.6 Å². The molecule has 0 saturated carbocycles. The van der Waals surface area contributed by atoms with Crippen molar-refractivity contribution >= 4 is 5.91 Å². The first kappa shape index (κ1) is 28.6. The van der Waals surface area contributed by atoms with Gasteiger partial charge in [-0.1, -0.05) is 121 Å². The number of nitrogens with two attached hydrogens (primary N) is 1. The Morgan fingerprint density at radius 3 is 1.75 bits per heavy atom. The van der Waals surface area contributed by atoms with Crippen molar-refractivity contribution in [2.24, 2.45) is 5.73 Å². The molecule has 3 N–H and O–H groups in total.